The molecule has 150 valence electrons. The summed E-state index contributed by atoms with van der Waals surface area (Å²) in [5, 5.41) is 8.60. The van der Waals surface area contributed by atoms with Gasteiger partial charge < -0.3 is 5.32 Å². The number of hydrogen-bond donors (Lipinski definition) is 2. The number of alkyl halides is 2. The SMILES string of the molecule is NS(=O)(=O)c1cc(NC(=O)Cc2ccccc2Cl)cc2c1CCN(C(Cl)Cl)C2. The van der Waals surface area contributed by atoms with E-state index in [-0.39, 0.29) is 17.2 Å². The normalized spacial score (nSPS) is 14.8. The first-order chi connectivity index (χ1) is 13.1. The largest absolute Gasteiger partial charge is 0.326 e. The van der Waals surface area contributed by atoms with Gasteiger partial charge >= 0.3 is 0 Å². The molecule has 2 aromatic rings. The third-order valence-corrected chi connectivity index (χ3v) is 6.40. The first kappa shape index (κ1) is 21.4. The van der Waals surface area contributed by atoms with Gasteiger partial charge in [-0.05, 0) is 41.3 Å². The van der Waals surface area contributed by atoms with E-state index in [1.807, 2.05) is 0 Å². The Morgan fingerprint density at radius 3 is 2.61 bits per heavy atom. The summed E-state index contributed by atoms with van der Waals surface area (Å²) in [6.07, 6.45) is 0.490. The molecule has 0 saturated heterocycles. The molecule has 3 N–H and O–H groups in total. The smallest absolute Gasteiger partial charge is 0.238 e. The number of nitrogens with two attached hydrogens (primary N) is 1. The molecule has 0 spiro atoms. The predicted molar refractivity (Wildman–Crippen MR) is 111 cm³/mol. The van der Waals surface area contributed by atoms with Gasteiger partial charge in [-0.1, -0.05) is 53.0 Å². The summed E-state index contributed by atoms with van der Waals surface area (Å²) in [7, 11) is -3.96. The Kier molecular flexibility index (Phi) is 6.54. The highest BCUT2D eigenvalue weighted by Crippen LogP contribution is 2.31. The maximum atomic E-state index is 12.4. The minimum Gasteiger partial charge on any atom is -0.326 e. The molecule has 0 saturated carbocycles. The molecule has 0 aromatic heterocycles. The van der Waals surface area contributed by atoms with Gasteiger partial charge in [0.05, 0.1) is 11.3 Å². The van der Waals surface area contributed by atoms with Gasteiger partial charge in [-0.2, -0.15) is 0 Å². The van der Waals surface area contributed by atoms with Crippen LogP contribution in [0.3, 0.4) is 0 Å². The van der Waals surface area contributed by atoms with Crippen LogP contribution in [0.2, 0.25) is 5.02 Å². The maximum Gasteiger partial charge on any atom is 0.238 e. The first-order valence-electron chi connectivity index (χ1n) is 8.39. The summed E-state index contributed by atoms with van der Waals surface area (Å²) >= 11 is 18.0. The quantitative estimate of drug-likeness (QED) is 0.527. The molecule has 0 unspecified atom stereocenters. The molecular weight excluding hydrogens is 445 g/mol. The maximum absolute atomic E-state index is 12.4. The van der Waals surface area contributed by atoms with Crippen molar-refractivity contribution in [2.24, 2.45) is 5.14 Å². The average Bonchev–Trinajstić information content (AvgIpc) is 2.61. The van der Waals surface area contributed by atoms with E-state index in [0.29, 0.717) is 46.9 Å². The Balaban J connectivity index is 1.90. The highest BCUT2D eigenvalue weighted by atomic mass is 35.5. The second-order valence-corrected chi connectivity index (χ2v) is 9.46. The number of nitrogens with one attached hydrogen (secondary N) is 1. The number of carbonyl (C=O) groups excluding carboxylic acids is 1. The lowest BCUT2D eigenvalue weighted by molar-refractivity contribution is -0.115. The lowest BCUT2D eigenvalue weighted by Gasteiger charge is -2.30. The summed E-state index contributed by atoms with van der Waals surface area (Å²) in [4.78, 5) is 13.5. The number of anilines is 1. The molecular formula is C18H18Cl3N3O3S. The molecule has 0 bridgehead atoms. The van der Waals surface area contributed by atoms with Crippen LogP contribution >= 0.6 is 34.8 Å². The van der Waals surface area contributed by atoms with Crippen LogP contribution in [0.4, 0.5) is 5.69 Å². The number of sulfonamides is 1. The number of halogens is 3. The Morgan fingerprint density at radius 2 is 1.96 bits per heavy atom. The van der Waals surface area contributed by atoms with Gasteiger partial charge in [-0.15, -0.1) is 0 Å². The van der Waals surface area contributed by atoms with Gasteiger partial charge in [0.25, 0.3) is 0 Å². The molecule has 0 aliphatic carbocycles. The van der Waals surface area contributed by atoms with Crippen molar-refractivity contribution in [1.29, 1.82) is 0 Å². The van der Waals surface area contributed by atoms with Crippen molar-refractivity contribution in [3.05, 3.63) is 58.1 Å². The second-order valence-electron chi connectivity index (χ2n) is 6.47. The third kappa shape index (κ3) is 4.97. The molecule has 1 aliphatic rings. The first-order valence-corrected chi connectivity index (χ1v) is 11.2. The van der Waals surface area contributed by atoms with E-state index in [9.17, 15) is 13.2 Å². The molecule has 1 amide bonds. The van der Waals surface area contributed by atoms with Gasteiger partial charge in [0.15, 0.2) is 4.96 Å². The Hall–Kier alpha value is -1.35. The molecule has 0 atom stereocenters. The van der Waals surface area contributed by atoms with Gasteiger partial charge in [0.1, 0.15) is 0 Å². The van der Waals surface area contributed by atoms with Crippen molar-refractivity contribution in [3.63, 3.8) is 0 Å². The van der Waals surface area contributed by atoms with E-state index < -0.39 is 15.0 Å². The van der Waals surface area contributed by atoms with Gasteiger partial charge in [0.2, 0.25) is 15.9 Å². The van der Waals surface area contributed by atoms with Crippen molar-refractivity contribution < 1.29 is 13.2 Å². The molecule has 28 heavy (non-hydrogen) atoms. The van der Waals surface area contributed by atoms with Crippen LogP contribution < -0.4 is 10.5 Å². The topological polar surface area (TPSA) is 92.5 Å². The predicted octanol–water partition coefficient (Wildman–Crippen LogP) is 3.29. The van der Waals surface area contributed by atoms with E-state index in [2.05, 4.69) is 5.32 Å². The van der Waals surface area contributed by atoms with Crippen molar-refractivity contribution in [3.8, 4) is 0 Å². The Labute approximate surface area is 178 Å². The van der Waals surface area contributed by atoms with Crippen LogP contribution in [0.25, 0.3) is 0 Å². The number of nitrogens with zero attached hydrogens (tertiary/aromatic N) is 1. The van der Waals surface area contributed by atoms with E-state index in [1.165, 1.54) is 6.07 Å². The molecule has 0 radical (unpaired) electrons. The fraction of sp³-hybridized carbons (Fsp3) is 0.278. The van der Waals surface area contributed by atoms with Crippen LogP contribution in [-0.2, 0) is 34.2 Å². The van der Waals surface area contributed by atoms with E-state index in [0.717, 1.165) is 0 Å². The van der Waals surface area contributed by atoms with Gasteiger partial charge in [0, 0.05) is 23.8 Å². The fourth-order valence-electron chi connectivity index (χ4n) is 3.19. The van der Waals surface area contributed by atoms with Crippen molar-refractivity contribution in [1.82, 2.24) is 4.90 Å². The molecule has 1 heterocycles. The van der Waals surface area contributed by atoms with Crippen molar-refractivity contribution >= 4 is 56.4 Å². The van der Waals surface area contributed by atoms with Crippen molar-refractivity contribution in [2.75, 3.05) is 11.9 Å². The standard InChI is InChI=1S/C18H18Cl3N3O3S/c19-15-4-2-1-3-11(15)8-17(25)23-13-7-12-10-24(18(20)21)6-5-14(12)16(9-13)28(22,26)27/h1-4,7,9,18H,5-6,8,10H2,(H,23,25)(H2,22,26,27). The number of hydrogen-bond acceptors (Lipinski definition) is 4. The number of carbonyl (C=O) groups is 1. The van der Waals surface area contributed by atoms with Crippen LogP contribution in [-0.4, -0.2) is 30.7 Å². The zero-order valence-corrected chi connectivity index (χ0v) is 17.7. The van der Waals surface area contributed by atoms with Gasteiger partial charge in [-0.25, -0.2) is 13.6 Å². The summed E-state index contributed by atoms with van der Waals surface area (Å²) in [6, 6.07) is 10.1. The van der Waals surface area contributed by atoms with E-state index in [4.69, 9.17) is 39.9 Å². The summed E-state index contributed by atoms with van der Waals surface area (Å²) in [5.41, 5.74) is 2.33. The molecule has 6 nitrogen and oxygen atoms in total. The Bertz CT molecular complexity index is 1010. The van der Waals surface area contributed by atoms with Crippen LogP contribution in [0.1, 0.15) is 16.7 Å². The zero-order chi connectivity index (χ0) is 20.5. The fourth-order valence-corrected chi connectivity index (χ4v) is 4.60. The third-order valence-electron chi connectivity index (χ3n) is 4.50. The number of primary sulfonamides is 1. The molecule has 3 rings (SSSR count). The van der Waals surface area contributed by atoms with Crippen LogP contribution in [0.15, 0.2) is 41.3 Å². The summed E-state index contributed by atoms with van der Waals surface area (Å²) in [6.45, 7) is 0.856. The minimum absolute atomic E-state index is 0.00149. The molecule has 1 aliphatic heterocycles. The average molecular weight is 463 g/mol. The van der Waals surface area contributed by atoms with Gasteiger partial charge in [-0.3, -0.25) is 9.69 Å². The number of rotatable bonds is 5. The highest BCUT2D eigenvalue weighted by Gasteiger charge is 2.26. The lowest BCUT2D eigenvalue weighted by atomic mass is 9.99. The molecule has 10 heteroatoms. The second kappa shape index (κ2) is 8.57. The summed E-state index contributed by atoms with van der Waals surface area (Å²) in [5.74, 6) is -0.325. The Morgan fingerprint density at radius 1 is 1.25 bits per heavy atom. The number of benzene rings is 2. The highest BCUT2D eigenvalue weighted by molar-refractivity contribution is 7.89. The minimum atomic E-state index is -3.96. The lowest BCUT2D eigenvalue weighted by Crippen LogP contribution is -2.34. The number of amides is 1. The van der Waals surface area contributed by atoms with Crippen LogP contribution in [0, 0.1) is 0 Å². The monoisotopic (exact) mass is 461 g/mol. The molecule has 2 aromatic carbocycles. The van der Waals surface area contributed by atoms with Crippen LogP contribution in [0.5, 0.6) is 0 Å². The van der Waals surface area contributed by atoms with Crippen molar-refractivity contribution in [2.45, 2.75) is 29.2 Å². The van der Waals surface area contributed by atoms with E-state index in [1.54, 1.807) is 35.2 Å². The number of fused-ring (bicyclic) bond motifs is 1. The molecule has 0 fully saturated rings. The zero-order valence-electron chi connectivity index (χ0n) is 14.7. The summed E-state index contributed by atoms with van der Waals surface area (Å²) < 4.78 is 24.2. The van der Waals surface area contributed by atoms with E-state index >= 15 is 0 Å².